The van der Waals surface area contributed by atoms with Crippen LogP contribution in [0.2, 0.25) is 5.02 Å². The topological polar surface area (TPSA) is 44.9 Å². The van der Waals surface area contributed by atoms with Gasteiger partial charge >= 0.3 is 0 Å². The van der Waals surface area contributed by atoms with Crippen LogP contribution in [0.5, 0.6) is 0 Å². The van der Waals surface area contributed by atoms with E-state index in [0.29, 0.717) is 9.90 Å². The molecular formula is C17H11ClN2OS. The van der Waals surface area contributed by atoms with Crippen molar-refractivity contribution in [1.82, 2.24) is 4.98 Å². The number of H-pyrrole nitrogens is 1. The minimum atomic E-state index is -0.106. The maximum absolute atomic E-state index is 12.5. The summed E-state index contributed by atoms with van der Waals surface area (Å²) in [6, 6.07) is 15.3. The van der Waals surface area contributed by atoms with E-state index in [9.17, 15) is 4.79 Å². The Balaban J connectivity index is 1.70. The quantitative estimate of drug-likeness (QED) is 0.516. The van der Waals surface area contributed by atoms with Gasteiger partial charge in [-0.15, -0.1) is 11.3 Å². The summed E-state index contributed by atoms with van der Waals surface area (Å²) in [5.74, 6) is -0.106. The van der Waals surface area contributed by atoms with Crippen LogP contribution in [0.1, 0.15) is 9.67 Å². The van der Waals surface area contributed by atoms with Gasteiger partial charge in [0.2, 0.25) is 0 Å². The molecule has 0 saturated carbocycles. The third-order valence-corrected chi connectivity index (χ3v) is 4.88. The Morgan fingerprint density at radius 2 is 2.05 bits per heavy atom. The van der Waals surface area contributed by atoms with E-state index < -0.39 is 0 Å². The normalized spacial score (nSPS) is 11.1. The second-order valence-electron chi connectivity index (χ2n) is 4.99. The predicted molar refractivity (Wildman–Crippen MR) is 93.1 cm³/mol. The van der Waals surface area contributed by atoms with Crippen LogP contribution in [0.25, 0.3) is 21.0 Å². The first-order valence-electron chi connectivity index (χ1n) is 6.77. The molecule has 1 amide bonds. The van der Waals surface area contributed by atoms with E-state index in [-0.39, 0.29) is 5.91 Å². The number of benzene rings is 2. The van der Waals surface area contributed by atoms with Gasteiger partial charge in [-0.2, -0.15) is 0 Å². The lowest BCUT2D eigenvalue weighted by atomic mass is 10.2. The number of aromatic nitrogens is 1. The smallest absolute Gasteiger partial charge is 0.265 e. The Hall–Kier alpha value is -2.30. The van der Waals surface area contributed by atoms with Gasteiger partial charge in [-0.3, -0.25) is 4.79 Å². The third-order valence-electron chi connectivity index (χ3n) is 3.55. The van der Waals surface area contributed by atoms with Crippen LogP contribution < -0.4 is 5.32 Å². The highest BCUT2D eigenvalue weighted by molar-refractivity contribution is 7.21. The molecule has 2 heterocycles. The van der Waals surface area contributed by atoms with E-state index in [1.165, 1.54) is 11.3 Å². The fourth-order valence-electron chi connectivity index (χ4n) is 2.50. The number of thiophene rings is 1. The molecular weight excluding hydrogens is 316 g/mol. The van der Waals surface area contributed by atoms with Crippen LogP contribution >= 0.6 is 22.9 Å². The summed E-state index contributed by atoms with van der Waals surface area (Å²) >= 11 is 7.43. The molecule has 3 nitrogen and oxygen atoms in total. The fraction of sp³-hybridized carbons (Fsp3) is 0. The molecule has 4 aromatic rings. The van der Waals surface area contributed by atoms with Gasteiger partial charge in [0.05, 0.1) is 10.6 Å². The second-order valence-corrected chi connectivity index (χ2v) is 6.51. The van der Waals surface area contributed by atoms with Crippen LogP contribution in [0.15, 0.2) is 54.7 Å². The van der Waals surface area contributed by atoms with Crippen LogP contribution in [0, 0.1) is 0 Å². The van der Waals surface area contributed by atoms with Crippen molar-refractivity contribution in [1.29, 1.82) is 0 Å². The molecule has 0 aliphatic rings. The van der Waals surface area contributed by atoms with Gasteiger partial charge in [-0.25, -0.2) is 0 Å². The molecule has 0 radical (unpaired) electrons. The van der Waals surface area contributed by atoms with E-state index in [1.807, 2.05) is 54.7 Å². The van der Waals surface area contributed by atoms with Crippen LogP contribution in [-0.4, -0.2) is 10.9 Å². The number of anilines is 1. The molecule has 0 unspecified atom stereocenters. The van der Waals surface area contributed by atoms with E-state index in [0.717, 1.165) is 26.7 Å². The maximum Gasteiger partial charge on any atom is 0.265 e. The molecule has 0 aliphatic heterocycles. The molecule has 0 bridgehead atoms. The number of aromatic amines is 1. The number of fused-ring (bicyclic) bond motifs is 2. The van der Waals surface area contributed by atoms with Crippen molar-refractivity contribution in [3.05, 3.63) is 64.6 Å². The highest BCUT2D eigenvalue weighted by Crippen LogP contribution is 2.29. The number of hydrogen-bond acceptors (Lipinski definition) is 2. The van der Waals surface area contributed by atoms with Crippen molar-refractivity contribution < 1.29 is 4.79 Å². The summed E-state index contributed by atoms with van der Waals surface area (Å²) in [7, 11) is 0. The predicted octanol–water partition coefficient (Wildman–Crippen LogP) is 5.29. The number of nitrogens with one attached hydrogen (secondary N) is 2. The lowest BCUT2D eigenvalue weighted by molar-refractivity contribution is 0.103. The summed E-state index contributed by atoms with van der Waals surface area (Å²) in [5, 5.41) is 5.69. The van der Waals surface area contributed by atoms with Crippen LogP contribution in [0.3, 0.4) is 0 Å². The number of amides is 1. The van der Waals surface area contributed by atoms with Crippen molar-refractivity contribution >= 4 is 55.5 Å². The van der Waals surface area contributed by atoms with Crippen molar-refractivity contribution in [3.63, 3.8) is 0 Å². The number of halogens is 1. The molecule has 0 atom stereocenters. The van der Waals surface area contributed by atoms with Gasteiger partial charge in [0.1, 0.15) is 0 Å². The lowest BCUT2D eigenvalue weighted by Crippen LogP contribution is -2.10. The fourth-order valence-corrected chi connectivity index (χ4v) is 3.73. The number of carbonyl (C=O) groups excluding carboxylic acids is 1. The zero-order valence-electron chi connectivity index (χ0n) is 11.4. The molecule has 5 heteroatoms. The maximum atomic E-state index is 12.5. The summed E-state index contributed by atoms with van der Waals surface area (Å²) in [6.07, 6.45) is 1.86. The lowest BCUT2D eigenvalue weighted by Gasteiger charge is -2.04. The SMILES string of the molecule is O=C(Nc1cccc2[nH]ccc12)c1cc2ccc(Cl)cc2s1. The number of hydrogen-bond donors (Lipinski definition) is 2. The number of rotatable bonds is 2. The van der Waals surface area contributed by atoms with E-state index in [2.05, 4.69) is 10.3 Å². The largest absolute Gasteiger partial charge is 0.361 e. The molecule has 0 saturated heterocycles. The highest BCUT2D eigenvalue weighted by Gasteiger charge is 2.12. The molecule has 2 aromatic heterocycles. The van der Waals surface area contributed by atoms with Gasteiger partial charge in [0.25, 0.3) is 5.91 Å². The minimum Gasteiger partial charge on any atom is -0.361 e. The highest BCUT2D eigenvalue weighted by atomic mass is 35.5. The number of carbonyl (C=O) groups is 1. The van der Waals surface area contributed by atoms with Crippen molar-refractivity contribution in [2.45, 2.75) is 0 Å². The summed E-state index contributed by atoms with van der Waals surface area (Å²) < 4.78 is 1.01. The Morgan fingerprint density at radius 3 is 2.95 bits per heavy atom. The summed E-state index contributed by atoms with van der Waals surface area (Å²) in [5.41, 5.74) is 1.81. The van der Waals surface area contributed by atoms with Gasteiger partial charge in [-0.1, -0.05) is 23.7 Å². The van der Waals surface area contributed by atoms with Crippen LogP contribution in [-0.2, 0) is 0 Å². The molecule has 4 rings (SSSR count). The molecule has 2 aromatic carbocycles. The van der Waals surface area contributed by atoms with E-state index in [1.54, 1.807) is 0 Å². The van der Waals surface area contributed by atoms with Crippen molar-refractivity contribution in [2.75, 3.05) is 5.32 Å². The van der Waals surface area contributed by atoms with E-state index >= 15 is 0 Å². The first kappa shape index (κ1) is 13.4. The standard InChI is InChI=1S/C17H11ClN2OS/c18-11-5-4-10-8-16(22-15(10)9-11)17(21)20-14-3-1-2-13-12(14)6-7-19-13/h1-9,19H,(H,20,21). The van der Waals surface area contributed by atoms with E-state index in [4.69, 9.17) is 11.6 Å². The second kappa shape index (κ2) is 5.16. The zero-order valence-corrected chi connectivity index (χ0v) is 13.0. The van der Waals surface area contributed by atoms with Crippen LogP contribution in [0.4, 0.5) is 5.69 Å². The summed E-state index contributed by atoms with van der Waals surface area (Å²) in [6.45, 7) is 0. The van der Waals surface area contributed by atoms with Gasteiger partial charge < -0.3 is 10.3 Å². The molecule has 108 valence electrons. The van der Waals surface area contributed by atoms with Gasteiger partial charge in [0, 0.05) is 26.8 Å². The molecule has 2 N–H and O–H groups in total. The Morgan fingerprint density at radius 1 is 1.14 bits per heavy atom. The molecule has 22 heavy (non-hydrogen) atoms. The first-order valence-corrected chi connectivity index (χ1v) is 7.97. The Bertz CT molecular complexity index is 1000. The third kappa shape index (κ3) is 2.26. The van der Waals surface area contributed by atoms with Gasteiger partial charge in [0.15, 0.2) is 0 Å². The van der Waals surface area contributed by atoms with Gasteiger partial charge in [-0.05, 0) is 41.8 Å². The average Bonchev–Trinajstić information content (AvgIpc) is 3.13. The zero-order chi connectivity index (χ0) is 15.1. The molecule has 0 spiro atoms. The average molecular weight is 327 g/mol. The summed E-state index contributed by atoms with van der Waals surface area (Å²) in [4.78, 5) is 16.3. The van der Waals surface area contributed by atoms with Crippen molar-refractivity contribution in [3.8, 4) is 0 Å². The minimum absolute atomic E-state index is 0.106. The monoisotopic (exact) mass is 326 g/mol. The molecule has 0 fully saturated rings. The Labute approximate surface area is 135 Å². The Kier molecular flexibility index (Phi) is 3.13. The van der Waals surface area contributed by atoms with Crippen molar-refractivity contribution in [2.24, 2.45) is 0 Å². The first-order chi connectivity index (χ1) is 10.7. The molecule has 0 aliphatic carbocycles.